The molecule has 3 atom stereocenters. The van der Waals surface area contributed by atoms with E-state index in [4.69, 9.17) is 4.74 Å². The van der Waals surface area contributed by atoms with Gasteiger partial charge in [-0.25, -0.2) is 4.98 Å². The van der Waals surface area contributed by atoms with Crippen LogP contribution in [0.1, 0.15) is 25.1 Å². The van der Waals surface area contributed by atoms with Crippen molar-refractivity contribution >= 4 is 30.7 Å². The maximum Gasteiger partial charge on any atom is 0.223 e. The first-order valence-corrected chi connectivity index (χ1v) is 7.44. The zero-order valence-electron chi connectivity index (χ0n) is 12.4. The van der Waals surface area contributed by atoms with Crippen molar-refractivity contribution in [2.45, 2.75) is 37.8 Å². The summed E-state index contributed by atoms with van der Waals surface area (Å²) in [4.78, 5) is 19.4. The highest BCUT2D eigenvalue weighted by atomic mass is 35.5. The molecular formula is C14H24Cl2N4O2. The van der Waals surface area contributed by atoms with Gasteiger partial charge in [0.2, 0.25) is 5.91 Å². The third kappa shape index (κ3) is 4.84. The lowest BCUT2D eigenvalue weighted by molar-refractivity contribution is -0.128. The van der Waals surface area contributed by atoms with Crippen molar-refractivity contribution in [1.82, 2.24) is 20.6 Å². The van der Waals surface area contributed by atoms with Crippen LogP contribution < -0.4 is 10.6 Å². The van der Waals surface area contributed by atoms with Crippen molar-refractivity contribution in [3.63, 3.8) is 0 Å². The molecule has 0 bridgehead atoms. The van der Waals surface area contributed by atoms with Crippen molar-refractivity contribution in [2.75, 3.05) is 19.7 Å². The van der Waals surface area contributed by atoms with Crippen molar-refractivity contribution in [1.29, 1.82) is 0 Å². The van der Waals surface area contributed by atoms with Crippen molar-refractivity contribution in [2.24, 2.45) is 5.92 Å². The van der Waals surface area contributed by atoms with Crippen LogP contribution in [-0.4, -0.2) is 47.7 Å². The summed E-state index contributed by atoms with van der Waals surface area (Å²) < 4.78 is 5.73. The summed E-state index contributed by atoms with van der Waals surface area (Å²) in [5.41, 5.74) is 0. The van der Waals surface area contributed by atoms with E-state index >= 15 is 0 Å². The number of carbonyl (C=O) groups excluding carboxylic acids is 1. The van der Waals surface area contributed by atoms with Gasteiger partial charge in [0.25, 0.3) is 0 Å². The molecule has 3 N–H and O–H groups in total. The number of hydrogen-bond donors (Lipinski definition) is 3. The second-order valence-electron chi connectivity index (χ2n) is 5.56. The molecule has 2 heterocycles. The fourth-order valence-electron chi connectivity index (χ4n) is 3.13. The van der Waals surface area contributed by atoms with E-state index in [1.165, 1.54) is 0 Å². The highest BCUT2D eigenvalue weighted by Gasteiger charge is 2.35. The Balaban J connectivity index is 0.00000121. The van der Waals surface area contributed by atoms with Crippen LogP contribution in [0.4, 0.5) is 0 Å². The van der Waals surface area contributed by atoms with E-state index in [0.29, 0.717) is 18.7 Å². The van der Waals surface area contributed by atoms with E-state index < -0.39 is 0 Å². The monoisotopic (exact) mass is 350 g/mol. The molecule has 1 aliphatic heterocycles. The summed E-state index contributed by atoms with van der Waals surface area (Å²) in [6.45, 7) is 2.33. The molecule has 3 rings (SSSR count). The normalized spacial score (nSPS) is 27.0. The minimum atomic E-state index is 0. The predicted molar refractivity (Wildman–Crippen MR) is 88.7 cm³/mol. The van der Waals surface area contributed by atoms with Gasteiger partial charge in [0.1, 0.15) is 5.82 Å². The molecule has 1 aromatic rings. The number of amides is 1. The Morgan fingerprint density at radius 3 is 3.05 bits per heavy atom. The fourth-order valence-corrected chi connectivity index (χ4v) is 3.13. The third-order valence-corrected chi connectivity index (χ3v) is 4.21. The molecule has 126 valence electrons. The highest BCUT2D eigenvalue weighted by Crippen LogP contribution is 2.28. The van der Waals surface area contributed by atoms with Gasteiger partial charge in [0.15, 0.2) is 0 Å². The fraction of sp³-hybridized carbons (Fsp3) is 0.714. The number of H-pyrrole nitrogens is 1. The van der Waals surface area contributed by atoms with Gasteiger partial charge >= 0.3 is 0 Å². The third-order valence-electron chi connectivity index (χ3n) is 4.21. The standard InChI is InChI=1S/C14H22N4O2.2ClH/c19-14(18-4-3-13-16-5-6-17-13)10-1-2-12-11(9-10)15-7-8-20-12;;/h5-6,10-12,15H,1-4,7-9H2,(H,16,17)(H,18,19);2*1H/t10-,11+,12+;;/m0../s1. The molecular weight excluding hydrogens is 327 g/mol. The Morgan fingerprint density at radius 2 is 2.27 bits per heavy atom. The van der Waals surface area contributed by atoms with Gasteiger partial charge in [0, 0.05) is 43.9 Å². The lowest BCUT2D eigenvalue weighted by atomic mass is 9.82. The van der Waals surface area contributed by atoms with Gasteiger partial charge in [-0.15, -0.1) is 24.8 Å². The predicted octanol–water partition coefficient (Wildman–Crippen LogP) is 1.07. The molecule has 2 aliphatic rings. The molecule has 1 aromatic heterocycles. The summed E-state index contributed by atoms with van der Waals surface area (Å²) in [7, 11) is 0. The van der Waals surface area contributed by atoms with Crippen molar-refractivity contribution in [3.05, 3.63) is 18.2 Å². The molecule has 0 unspecified atom stereocenters. The molecule has 8 heteroatoms. The van der Waals surface area contributed by atoms with E-state index in [0.717, 1.165) is 44.7 Å². The number of imidazole rings is 1. The molecule has 0 spiro atoms. The zero-order chi connectivity index (χ0) is 13.8. The number of rotatable bonds is 4. The Labute approximate surface area is 143 Å². The van der Waals surface area contributed by atoms with E-state index in [1.54, 1.807) is 12.4 Å². The number of morpholine rings is 1. The maximum absolute atomic E-state index is 12.2. The van der Waals surface area contributed by atoms with Crippen LogP contribution in [0.5, 0.6) is 0 Å². The first kappa shape index (κ1) is 19.2. The quantitative estimate of drug-likeness (QED) is 0.758. The number of fused-ring (bicyclic) bond motifs is 1. The first-order chi connectivity index (χ1) is 9.83. The Hall–Kier alpha value is -0.820. The highest BCUT2D eigenvalue weighted by molar-refractivity contribution is 5.85. The van der Waals surface area contributed by atoms with Crippen molar-refractivity contribution in [3.8, 4) is 0 Å². The van der Waals surface area contributed by atoms with Crippen LogP contribution in [0, 0.1) is 5.92 Å². The van der Waals surface area contributed by atoms with Crippen LogP contribution in [0.3, 0.4) is 0 Å². The Bertz CT molecular complexity index is 444. The zero-order valence-corrected chi connectivity index (χ0v) is 14.0. The molecule has 1 aliphatic carbocycles. The molecule has 1 saturated carbocycles. The van der Waals surface area contributed by atoms with Crippen LogP contribution >= 0.6 is 24.8 Å². The number of aromatic nitrogens is 2. The van der Waals surface area contributed by atoms with Gasteiger partial charge < -0.3 is 20.4 Å². The van der Waals surface area contributed by atoms with E-state index in [9.17, 15) is 4.79 Å². The molecule has 0 aromatic carbocycles. The maximum atomic E-state index is 12.2. The van der Waals surface area contributed by atoms with Gasteiger partial charge in [-0.3, -0.25) is 4.79 Å². The molecule has 0 radical (unpaired) electrons. The first-order valence-electron chi connectivity index (χ1n) is 7.44. The minimum Gasteiger partial charge on any atom is -0.375 e. The lowest BCUT2D eigenvalue weighted by Gasteiger charge is -2.39. The van der Waals surface area contributed by atoms with Gasteiger partial charge in [-0.05, 0) is 19.3 Å². The number of nitrogens with zero attached hydrogens (tertiary/aromatic N) is 1. The number of hydrogen-bond acceptors (Lipinski definition) is 4. The van der Waals surface area contributed by atoms with Crippen LogP contribution in [0.15, 0.2) is 12.4 Å². The molecule has 6 nitrogen and oxygen atoms in total. The number of aromatic amines is 1. The SMILES string of the molecule is Cl.Cl.O=C(NCCc1ncc[nH]1)[C@H]1CC[C@H]2OCCN[C@@H]2C1. The van der Waals surface area contributed by atoms with Gasteiger partial charge in [-0.2, -0.15) is 0 Å². The molecule has 1 saturated heterocycles. The van der Waals surface area contributed by atoms with E-state index in [1.807, 2.05) is 0 Å². The van der Waals surface area contributed by atoms with Gasteiger partial charge in [-0.1, -0.05) is 0 Å². The van der Waals surface area contributed by atoms with Crippen molar-refractivity contribution < 1.29 is 9.53 Å². The van der Waals surface area contributed by atoms with Crippen LogP contribution in [-0.2, 0) is 16.0 Å². The number of nitrogens with one attached hydrogen (secondary N) is 3. The van der Waals surface area contributed by atoms with Crippen LogP contribution in [0.2, 0.25) is 0 Å². The average molecular weight is 351 g/mol. The summed E-state index contributed by atoms with van der Waals surface area (Å²) in [5, 5.41) is 6.48. The largest absolute Gasteiger partial charge is 0.375 e. The number of carbonyl (C=O) groups is 1. The summed E-state index contributed by atoms with van der Waals surface area (Å²) in [6.07, 6.45) is 7.37. The van der Waals surface area contributed by atoms with E-state index in [2.05, 4.69) is 20.6 Å². The van der Waals surface area contributed by atoms with E-state index in [-0.39, 0.29) is 36.6 Å². The number of ether oxygens (including phenoxy) is 1. The summed E-state index contributed by atoms with van der Waals surface area (Å²) >= 11 is 0. The average Bonchev–Trinajstić information content (AvgIpc) is 3.00. The topological polar surface area (TPSA) is 79.0 Å². The second kappa shape index (κ2) is 9.35. The van der Waals surface area contributed by atoms with Crippen LogP contribution in [0.25, 0.3) is 0 Å². The Morgan fingerprint density at radius 1 is 1.41 bits per heavy atom. The summed E-state index contributed by atoms with van der Waals surface area (Å²) in [5.74, 6) is 1.20. The molecule has 22 heavy (non-hydrogen) atoms. The Kier molecular flexibility index (Phi) is 8.17. The molecule has 2 fully saturated rings. The minimum absolute atomic E-state index is 0. The summed E-state index contributed by atoms with van der Waals surface area (Å²) in [6, 6.07) is 0.346. The smallest absolute Gasteiger partial charge is 0.223 e. The second-order valence-corrected chi connectivity index (χ2v) is 5.56. The van der Waals surface area contributed by atoms with Gasteiger partial charge in [0.05, 0.1) is 12.7 Å². The molecule has 1 amide bonds. The lowest BCUT2D eigenvalue weighted by Crippen LogP contribution is -2.53. The number of halogens is 2.